The quantitative estimate of drug-likeness (QED) is 0.602. The lowest BCUT2D eigenvalue weighted by molar-refractivity contribution is -0.123. The molecular formula is C18H13F3N2O3S. The number of halogens is 3. The van der Waals surface area contributed by atoms with Gasteiger partial charge in [-0.15, -0.1) is 0 Å². The van der Waals surface area contributed by atoms with E-state index in [2.05, 4.69) is 5.32 Å². The monoisotopic (exact) mass is 394 g/mol. The highest BCUT2D eigenvalue weighted by Crippen LogP contribution is 2.36. The first-order chi connectivity index (χ1) is 12.7. The number of carbonyl (C=O) groups excluding carboxylic acids is 2. The van der Waals surface area contributed by atoms with Crippen LogP contribution in [0.2, 0.25) is 0 Å². The van der Waals surface area contributed by atoms with Crippen molar-refractivity contribution >= 4 is 29.3 Å². The Morgan fingerprint density at radius 1 is 1.19 bits per heavy atom. The summed E-state index contributed by atoms with van der Waals surface area (Å²) >= 11 is -0.295. The minimum absolute atomic E-state index is 0.0210. The molecule has 0 spiro atoms. The van der Waals surface area contributed by atoms with Crippen molar-refractivity contribution < 1.29 is 27.5 Å². The molecule has 9 heteroatoms. The molecular weight excluding hydrogens is 381 g/mol. The summed E-state index contributed by atoms with van der Waals surface area (Å²) < 4.78 is 41.9. The topological polar surface area (TPSA) is 79.2 Å². The molecule has 0 bridgehead atoms. The predicted molar refractivity (Wildman–Crippen MR) is 93.0 cm³/mol. The van der Waals surface area contributed by atoms with E-state index in [1.165, 1.54) is 25.1 Å². The second-order valence-corrected chi connectivity index (χ2v) is 6.44. The van der Waals surface area contributed by atoms with Crippen molar-refractivity contribution in [3.05, 3.63) is 59.7 Å². The molecule has 0 saturated heterocycles. The van der Waals surface area contributed by atoms with Crippen molar-refractivity contribution in [2.24, 2.45) is 0 Å². The SMILES string of the molecule is CC(OC(=O)c1ccc(SC(F)(F)F)cc1)C(=O)Nc1cccc(C#N)c1. The van der Waals surface area contributed by atoms with Crippen LogP contribution in [-0.4, -0.2) is 23.5 Å². The van der Waals surface area contributed by atoms with E-state index in [9.17, 15) is 22.8 Å². The lowest BCUT2D eigenvalue weighted by Gasteiger charge is -2.14. The highest BCUT2D eigenvalue weighted by molar-refractivity contribution is 8.00. The second kappa shape index (κ2) is 8.60. The number of carbonyl (C=O) groups is 2. The Morgan fingerprint density at radius 3 is 2.44 bits per heavy atom. The summed E-state index contributed by atoms with van der Waals surface area (Å²) in [7, 11) is 0. The number of rotatable bonds is 5. The third-order valence-corrected chi connectivity index (χ3v) is 3.98. The first-order valence-electron chi connectivity index (χ1n) is 7.56. The van der Waals surface area contributed by atoms with Crippen molar-refractivity contribution in [2.75, 3.05) is 5.32 Å². The van der Waals surface area contributed by atoms with Gasteiger partial charge in [0.1, 0.15) is 0 Å². The molecule has 2 rings (SSSR count). The number of nitrogens with zero attached hydrogens (tertiary/aromatic N) is 1. The summed E-state index contributed by atoms with van der Waals surface area (Å²) in [5.41, 5.74) is -3.67. The Kier molecular flexibility index (Phi) is 6.47. The van der Waals surface area contributed by atoms with Crippen molar-refractivity contribution in [2.45, 2.75) is 23.4 Å². The average Bonchev–Trinajstić information content (AvgIpc) is 2.61. The molecule has 0 aliphatic rings. The first-order valence-corrected chi connectivity index (χ1v) is 8.37. The van der Waals surface area contributed by atoms with Gasteiger partial charge in [-0.2, -0.15) is 18.4 Å². The van der Waals surface area contributed by atoms with E-state index in [0.29, 0.717) is 11.3 Å². The molecule has 0 fully saturated rings. The third kappa shape index (κ3) is 6.34. The Morgan fingerprint density at radius 2 is 1.85 bits per heavy atom. The number of thioether (sulfide) groups is 1. The number of nitrogens with one attached hydrogen (secondary N) is 1. The van der Waals surface area contributed by atoms with Crippen LogP contribution < -0.4 is 5.32 Å². The Balaban J connectivity index is 1.96. The molecule has 0 aliphatic carbocycles. The molecule has 1 atom stereocenters. The van der Waals surface area contributed by atoms with Gasteiger partial charge in [-0.05, 0) is 61.2 Å². The van der Waals surface area contributed by atoms with Gasteiger partial charge in [0.05, 0.1) is 17.2 Å². The Labute approximate surface area is 157 Å². The van der Waals surface area contributed by atoms with Crippen molar-refractivity contribution in [1.29, 1.82) is 5.26 Å². The molecule has 1 N–H and O–H groups in total. The zero-order valence-electron chi connectivity index (χ0n) is 13.9. The lowest BCUT2D eigenvalue weighted by atomic mass is 10.2. The van der Waals surface area contributed by atoms with Crippen LogP contribution in [-0.2, 0) is 9.53 Å². The van der Waals surface area contributed by atoms with Crippen molar-refractivity contribution in [3.8, 4) is 6.07 Å². The number of hydrogen-bond acceptors (Lipinski definition) is 5. The van der Waals surface area contributed by atoms with Crippen LogP contribution in [0.15, 0.2) is 53.4 Å². The number of alkyl halides is 3. The molecule has 0 heterocycles. The van der Waals surface area contributed by atoms with Crippen LogP contribution in [0.25, 0.3) is 0 Å². The fraction of sp³-hybridized carbons (Fsp3) is 0.167. The van der Waals surface area contributed by atoms with Gasteiger partial charge in [-0.3, -0.25) is 4.79 Å². The summed E-state index contributed by atoms with van der Waals surface area (Å²) in [6, 6.07) is 12.8. The summed E-state index contributed by atoms with van der Waals surface area (Å²) in [4.78, 5) is 24.1. The van der Waals surface area contributed by atoms with Gasteiger partial charge in [0, 0.05) is 10.6 Å². The number of nitriles is 1. The van der Waals surface area contributed by atoms with Gasteiger partial charge >= 0.3 is 11.5 Å². The predicted octanol–water partition coefficient (Wildman–Crippen LogP) is 4.35. The van der Waals surface area contributed by atoms with Crippen molar-refractivity contribution in [1.82, 2.24) is 0 Å². The molecule has 1 unspecified atom stereocenters. The van der Waals surface area contributed by atoms with E-state index >= 15 is 0 Å². The van der Waals surface area contributed by atoms with Crippen molar-refractivity contribution in [3.63, 3.8) is 0 Å². The third-order valence-electron chi connectivity index (χ3n) is 3.24. The summed E-state index contributed by atoms with van der Waals surface area (Å²) in [6.45, 7) is 1.36. The minimum atomic E-state index is -4.42. The maximum absolute atomic E-state index is 12.3. The van der Waals surface area contributed by atoms with Crippen LogP contribution in [0.4, 0.5) is 18.9 Å². The lowest BCUT2D eigenvalue weighted by Crippen LogP contribution is -2.30. The van der Waals surface area contributed by atoms with Crippen LogP contribution in [0.3, 0.4) is 0 Å². The van der Waals surface area contributed by atoms with Gasteiger partial charge in [0.2, 0.25) is 0 Å². The molecule has 2 aromatic carbocycles. The highest BCUT2D eigenvalue weighted by Gasteiger charge is 2.29. The van der Waals surface area contributed by atoms with E-state index in [-0.39, 0.29) is 22.2 Å². The van der Waals surface area contributed by atoms with E-state index in [4.69, 9.17) is 10.00 Å². The molecule has 27 heavy (non-hydrogen) atoms. The van der Waals surface area contributed by atoms with Gasteiger partial charge in [-0.25, -0.2) is 4.79 Å². The smallest absolute Gasteiger partial charge is 0.446 e. The number of amides is 1. The fourth-order valence-electron chi connectivity index (χ4n) is 1.99. The van der Waals surface area contributed by atoms with Crippen LogP contribution in [0.1, 0.15) is 22.8 Å². The molecule has 140 valence electrons. The van der Waals surface area contributed by atoms with E-state index < -0.39 is 23.5 Å². The molecule has 0 saturated carbocycles. The van der Waals surface area contributed by atoms with Crippen LogP contribution >= 0.6 is 11.8 Å². The number of benzene rings is 2. The largest absolute Gasteiger partial charge is 0.449 e. The minimum Gasteiger partial charge on any atom is -0.449 e. The van der Waals surface area contributed by atoms with Gasteiger partial charge in [0.25, 0.3) is 5.91 Å². The maximum Gasteiger partial charge on any atom is 0.446 e. The highest BCUT2D eigenvalue weighted by atomic mass is 32.2. The van der Waals surface area contributed by atoms with E-state index in [1.54, 1.807) is 18.2 Å². The van der Waals surface area contributed by atoms with E-state index in [1.807, 2.05) is 6.07 Å². The number of hydrogen-bond donors (Lipinski definition) is 1. The van der Waals surface area contributed by atoms with Crippen LogP contribution in [0.5, 0.6) is 0 Å². The van der Waals surface area contributed by atoms with Gasteiger partial charge in [-0.1, -0.05) is 6.07 Å². The Bertz CT molecular complexity index is 877. The van der Waals surface area contributed by atoms with Gasteiger partial charge in [0.15, 0.2) is 6.10 Å². The Hall–Kier alpha value is -2.99. The molecule has 5 nitrogen and oxygen atoms in total. The normalized spacial score (nSPS) is 12.0. The summed E-state index contributed by atoms with van der Waals surface area (Å²) in [6.07, 6.45) is -1.15. The molecule has 0 aromatic heterocycles. The molecule has 0 radical (unpaired) electrons. The molecule has 0 aliphatic heterocycles. The zero-order chi connectivity index (χ0) is 20.0. The first kappa shape index (κ1) is 20.3. The van der Waals surface area contributed by atoms with Gasteiger partial charge < -0.3 is 10.1 Å². The number of anilines is 1. The maximum atomic E-state index is 12.3. The van der Waals surface area contributed by atoms with Crippen LogP contribution in [0, 0.1) is 11.3 Å². The molecule has 2 aromatic rings. The second-order valence-electron chi connectivity index (χ2n) is 5.30. The van der Waals surface area contributed by atoms with E-state index in [0.717, 1.165) is 12.1 Å². The summed E-state index contributed by atoms with van der Waals surface area (Å²) in [5, 5.41) is 11.3. The molecule has 1 amide bonds. The zero-order valence-corrected chi connectivity index (χ0v) is 14.7. The fourth-order valence-corrected chi connectivity index (χ4v) is 2.52. The number of ether oxygens (including phenoxy) is 1. The number of esters is 1. The average molecular weight is 394 g/mol. The summed E-state index contributed by atoms with van der Waals surface area (Å²) in [5.74, 6) is -1.45. The standard InChI is InChI=1S/C18H13F3N2O3S/c1-11(16(24)23-14-4-2-3-12(9-14)10-22)26-17(25)13-5-7-15(8-6-13)27-18(19,20)21/h2-9,11H,1H3,(H,23,24).